The Morgan fingerprint density at radius 2 is 2.17 bits per heavy atom. The number of carbonyl (C=O) groups is 1. The molecule has 0 radical (unpaired) electrons. The van der Waals surface area contributed by atoms with E-state index in [0.717, 1.165) is 13.1 Å². The smallest absolute Gasteiger partial charge is 0.335 e. The zero-order valence-corrected chi connectivity index (χ0v) is 9.58. The summed E-state index contributed by atoms with van der Waals surface area (Å²) in [5, 5.41) is 0.101. The van der Waals surface area contributed by atoms with Crippen LogP contribution in [0.1, 0.15) is 12.7 Å². The lowest BCUT2D eigenvalue weighted by molar-refractivity contribution is -0.161. The Kier molecular flexibility index (Phi) is 2.89. The van der Waals surface area contributed by atoms with Crippen LogP contribution in [-0.4, -0.2) is 20.7 Å². The molecule has 0 bridgehead atoms. The second-order valence-corrected chi connectivity index (χ2v) is 3.74. The third-order valence-corrected chi connectivity index (χ3v) is 2.12. The highest BCUT2D eigenvalue weighted by atomic mass is 35.5. The first-order valence-corrected chi connectivity index (χ1v) is 4.97. The molecule has 2 rings (SSSR count). The van der Waals surface area contributed by atoms with E-state index >= 15 is 0 Å². The van der Waals surface area contributed by atoms with Gasteiger partial charge in [-0.2, -0.15) is 13.2 Å². The van der Waals surface area contributed by atoms with Crippen molar-refractivity contribution in [3.05, 3.63) is 23.1 Å². The van der Waals surface area contributed by atoms with Gasteiger partial charge in [-0.15, -0.1) is 4.73 Å². The number of hydrogen-bond acceptors (Lipinski definition) is 4. The van der Waals surface area contributed by atoms with Gasteiger partial charge in [0, 0.05) is 13.1 Å². The summed E-state index contributed by atoms with van der Waals surface area (Å²) < 4.78 is 38.4. The molecule has 0 fully saturated rings. The number of fused-ring (bicyclic) bond motifs is 1. The van der Waals surface area contributed by atoms with Gasteiger partial charge in [-0.25, -0.2) is 14.8 Å². The second-order valence-electron chi connectivity index (χ2n) is 3.31. The molecule has 0 unspecified atom stereocenters. The quantitative estimate of drug-likeness (QED) is 0.802. The first-order valence-electron chi connectivity index (χ1n) is 4.59. The van der Waals surface area contributed by atoms with Crippen LogP contribution in [0.5, 0.6) is 0 Å². The maximum absolute atomic E-state index is 12.7. The zero-order chi connectivity index (χ0) is 13.5. The highest BCUT2D eigenvalue weighted by Crippen LogP contribution is 2.30. The lowest BCUT2D eigenvalue weighted by Gasteiger charge is -2.09. The largest absolute Gasteiger partial charge is 0.453 e. The number of alkyl halides is 3. The van der Waals surface area contributed by atoms with E-state index in [1.54, 1.807) is 0 Å². The van der Waals surface area contributed by atoms with Gasteiger partial charge < -0.3 is 4.84 Å². The summed E-state index contributed by atoms with van der Waals surface area (Å²) in [6.07, 6.45) is -3.63. The Labute approximate surface area is 103 Å². The molecule has 2 heterocycles. The third-order valence-electron chi connectivity index (χ3n) is 1.91. The summed E-state index contributed by atoms with van der Waals surface area (Å²) in [6, 6.07) is 1.18. The van der Waals surface area contributed by atoms with E-state index in [1.165, 1.54) is 6.07 Å². The predicted octanol–water partition coefficient (Wildman–Crippen LogP) is 2.08. The molecule has 0 saturated carbocycles. The average molecular weight is 280 g/mol. The molecule has 0 amide bonds. The van der Waals surface area contributed by atoms with Crippen LogP contribution in [0.2, 0.25) is 5.02 Å². The molecule has 0 atom stereocenters. The van der Waals surface area contributed by atoms with Crippen molar-refractivity contribution in [2.24, 2.45) is 0 Å². The standard InChI is InChI=1S/C9H5ClF3N3O2/c1-4(17)18-16-6-2-5(10)3-14-7(6)15-8(16)9(11,12)13/h2-3H,1H3. The lowest BCUT2D eigenvalue weighted by Crippen LogP contribution is -2.23. The molecule has 9 heteroatoms. The summed E-state index contributed by atoms with van der Waals surface area (Å²) in [5.41, 5.74) is -0.349. The highest BCUT2D eigenvalue weighted by Gasteiger charge is 2.39. The molecular weight excluding hydrogens is 275 g/mol. The van der Waals surface area contributed by atoms with Crippen LogP contribution in [-0.2, 0) is 11.0 Å². The van der Waals surface area contributed by atoms with Gasteiger partial charge in [0.2, 0.25) is 0 Å². The fraction of sp³-hybridized carbons (Fsp3) is 0.222. The van der Waals surface area contributed by atoms with E-state index in [9.17, 15) is 18.0 Å². The topological polar surface area (TPSA) is 57.0 Å². The van der Waals surface area contributed by atoms with Crippen molar-refractivity contribution < 1.29 is 22.8 Å². The molecule has 0 aromatic carbocycles. The van der Waals surface area contributed by atoms with Crippen LogP contribution >= 0.6 is 11.6 Å². The molecule has 18 heavy (non-hydrogen) atoms. The summed E-state index contributed by atoms with van der Waals surface area (Å²) in [4.78, 5) is 22.2. The molecule has 0 aliphatic rings. The van der Waals surface area contributed by atoms with Crippen molar-refractivity contribution in [2.75, 3.05) is 0 Å². The lowest BCUT2D eigenvalue weighted by atomic mass is 10.4. The van der Waals surface area contributed by atoms with Gasteiger partial charge in [-0.1, -0.05) is 11.6 Å². The number of rotatable bonds is 1. The fourth-order valence-electron chi connectivity index (χ4n) is 1.32. The third kappa shape index (κ3) is 2.23. The first kappa shape index (κ1) is 12.6. The monoisotopic (exact) mass is 279 g/mol. The number of halogens is 4. The van der Waals surface area contributed by atoms with Gasteiger partial charge in [-0.3, -0.25) is 0 Å². The van der Waals surface area contributed by atoms with E-state index in [-0.39, 0.29) is 20.9 Å². The van der Waals surface area contributed by atoms with Crippen LogP contribution in [0, 0.1) is 0 Å². The van der Waals surface area contributed by atoms with E-state index in [1.807, 2.05) is 0 Å². The Morgan fingerprint density at radius 3 is 2.72 bits per heavy atom. The molecule has 0 spiro atoms. The summed E-state index contributed by atoms with van der Waals surface area (Å²) in [6.45, 7) is 0.976. The van der Waals surface area contributed by atoms with Crippen molar-refractivity contribution in [1.29, 1.82) is 0 Å². The molecule has 0 N–H and O–H groups in total. The first-order chi connectivity index (χ1) is 8.29. The van der Waals surface area contributed by atoms with Gasteiger partial charge in [-0.05, 0) is 6.07 Å². The van der Waals surface area contributed by atoms with Crippen LogP contribution < -0.4 is 4.84 Å². The van der Waals surface area contributed by atoms with E-state index in [2.05, 4.69) is 14.8 Å². The Hall–Kier alpha value is -1.83. The molecular formula is C9H5ClF3N3O2. The predicted molar refractivity (Wildman–Crippen MR) is 54.8 cm³/mol. The Balaban J connectivity index is 2.73. The SMILES string of the molecule is CC(=O)On1c(C(F)(F)F)nc2ncc(Cl)cc21. The van der Waals surface area contributed by atoms with Crippen molar-refractivity contribution in [2.45, 2.75) is 13.1 Å². The summed E-state index contributed by atoms with van der Waals surface area (Å²) in [5.74, 6) is -2.29. The average Bonchev–Trinajstić information content (AvgIpc) is 2.56. The molecule has 2 aromatic rings. The fourth-order valence-corrected chi connectivity index (χ4v) is 1.47. The van der Waals surface area contributed by atoms with Crippen molar-refractivity contribution in [1.82, 2.24) is 14.7 Å². The van der Waals surface area contributed by atoms with Gasteiger partial charge in [0.25, 0.3) is 5.82 Å². The van der Waals surface area contributed by atoms with E-state index in [4.69, 9.17) is 11.6 Å². The summed E-state index contributed by atoms with van der Waals surface area (Å²) in [7, 11) is 0. The van der Waals surface area contributed by atoms with Gasteiger partial charge in [0.1, 0.15) is 5.52 Å². The van der Waals surface area contributed by atoms with E-state index in [0.29, 0.717) is 0 Å². The maximum Gasteiger partial charge on any atom is 0.453 e. The van der Waals surface area contributed by atoms with Crippen LogP contribution in [0.4, 0.5) is 13.2 Å². The molecule has 5 nitrogen and oxygen atoms in total. The highest BCUT2D eigenvalue weighted by molar-refractivity contribution is 6.31. The van der Waals surface area contributed by atoms with Crippen molar-refractivity contribution >= 4 is 28.7 Å². The van der Waals surface area contributed by atoms with E-state index < -0.39 is 18.0 Å². The number of carbonyl (C=O) groups excluding carboxylic acids is 1. The van der Waals surface area contributed by atoms with Gasteiger partial charge in [0.05, 0.1) is 5.02 Å². The number of nitrogens with zero attached hydrogens (tertiary/aromatic N) is 3. The molecule has 2 aromatic heterocycles. The molecule has 0 saturated heterocycles. The number of pyridine rings is 1. The number of hydrogen-bond donors (Lipinski definition) is 0. The van der Waals surface area contributed by atoms with Crippen molar-refractivity contribution in [3.8, 4) is 0 Å². The normalized spacial score (nSPS) is 11.8. The van der Waals surface area contributed by atoms with Crippen LogP contribution in [0.15, 0.2) is 12.3 Å². The Bertz CT molecular complexity index is 623. The van der Waals surface area contributed by atoms with Crippen LogP contribution in [0.3, 0.4) is 0 Å². The minimum atomic E-state index is -4.78. The van der Waals surface area contributed by atoms with Crippen molar-refractivity contribution in [3.63, 3.8) is 0 Å². The zero-order valence-electron chi connectivity index (χ0n) is 8.82. The molecule has 0 aliphatic carbocycles. The van der Waals surface area contributed by atoms with Gasteiger partial charge in [0.15, 0.2) is 5.65 Å². The minimum Gasteiger partial charge on any atom is -0.335 e. The second kappa shape index (κ2) is 4.13. The van der Waals surface area contributed by atoms with Gasteiger partial charge >= 0.3 is 12.1 Å². The maximum atomic E-state index is 12.7. The number of aromatic nitrogens is 3. The molecule has 96 valence electrons. The summed E-state index contributed by atoms with van der Waals surface area (Å²) >= 11 is 5.63. The minimum absolute atomic E-state index is 0.101. The van der Waals surface area contributed by atoms with Crippen LogP contribution in [0.25, 0.3) is 11.2 Å². The molecule has 0 aliphatic heterocycles. The Morgan fingerprint density at radius 1 is 1.50 bits per heavy atom. The number of imidazole rings is 1.